The molecule has 4 aromatic rings. The average molecular weight is 414 g/mol. The molecule has 0 spiro atoms. The van der Waals surface area contributed by atoms with Crippen LogP contribution in [0.15, 0.2) is 64.4 Å². The minimum atomic E-state index is -0.308. The molecular weight excluding hydrogens is 400 g/mol. The number of hydrogen-bond donors (Lipinski definition) is 1. The molecule has 0 bridgehead atoms. The zero-order valence-corrected chi connectivity index (χ0v) is 16.4. The van der Waals surface area contributed by atoms with Crippen LogP contribution in [0, 0.1) is 11.3 Å². The van der Waals surface area contributed by atoms with Crippen LogP contribution in [0.25, 0.3) is 22.0 Å². The number of amides is 1. The Balaban J connectivity index is 1.69. The minimum Gasteiger partial charge on any atom is -0.300 e. The van der Waals surface area contributed by atoms with E-state index >= 15 is 0 Å². The molecule has 5 rings (SSSR count). The molecule has 1 aliphatic heterocycles. The quantitative estimate of drug-likeness (QED) is 0.516. The normalized spacial score (nSPS) is 15.7. The van der Waals surface area contributed by atoms with Crippen molar-refractivity contribution in [2.24, 2.45) is 0 Å². The van der Waals surface area contributed by atoms with Crippen molar-refractivity contribution < 1.29 is 4.79 Å². The highest BCUT2D eigenvalue weighted by Gasteiger charge is 2.32. The first kappa shape index (κ1) is 18.1. The first-order valence-electron chi connectivity index (χ1n) is 9.15. The van der Waals surface area contributed by atoms with Gasteiger partial charge in [0.2, 0.25) is 5.91 Å². The minimum absolute atomic E-state index is 0.0839. The van der Waals surface area contributed by atoms with Gasteiger partial charge in [0.15, 0.2) is 11.5 Å². The predicted octanol–water partition coefficient (Wildman–Crippen LogP) is 2.54. The molecule has 1 amide bonds. The fraction of sp³-hybridized carbons (Fsp3) is 0.0952. The molecule has 1 N–H and O–H groups in total. The van der Waals surface area contributed by atoms with Gasteiger partial charge in [-0.3, -0.25) is 14.7 Å². The molecule has 0 aliphatic carbocycles. The number of aromatic amines is 1. The molecular formula is C21H14N6O2S. The SMILES string of the molecule is N#C/C(=C1\SCC(=O)N1Cc1ccccc1)c1nnc2c3ccccc3c(=O)[nH]n12. The number of thioether (sulfide) groups is 1. The number of H-pyrrole nitrogens is 1. The topological polar surface area (TPSA) is 107 Å². The van der Waals surface area contributed by atoms with Crippen molar-refractivity contribution in [3.63, 3.8) is 0 Å². The Bertz CT molecular complexity index is 1430. The maximum Gasteiger partial charge on any atom is 0.270 e. The third-order valence-corrected chi connectivity index (χ3v) is 5.99. The number of nitrogens with one attached hydrogen (secondary N) is 1. The number of nitriles is 1. The van der Waals surface area contributed by atoms with E-state index in [1.165, 1.54) is 16.3 Å². The molecule has 0 saturated carbocycles. The molecule has 3 heterocycles. The lowest BCUT2D eigenvalue weighted by Gasteiger charge is -2.18. The summed E-state index contributed by atoms with van der Waals surface area (Å²) in [6, 6.07) is 18.8. The standard InChI is InChI=1S/C21H14N6O2S/c22-10-16(21-26(17(28)12-30-21)11-13-6-2-1-3-7-13)19-24-23-18-14-8-4-5-9-15(14)20(29)25-27(18)19/h1-9H,11-12H2,(H,25,29)/b21-16+. The maximum absolute atomic E-state index is 12.5. The first-order chi connectivity index (χ1) is 14.7. The predicted molar refractivity (Wildman–Crippen MR) is 113 cm³/mol. The zero-order chi connectivity index (χ0) is 20.7. The van der Waals surface area contributed by atoms with Crippen molar-refractivity contribution in [3.05, 3.63) is 81.4 Å². The lowest BCUT2D eigenvalue weighted by molar-refractivity contribution is -0.125. The van der Waals surface area contributed by atoms with Crippen LogP contribution in [0.2, 0.25) is 0 Å². The summed E-state index contributed by atoms with van der Waals surface area (Å²) >= 11 is 1.29. The Morgan fingerprint density at radius 3 is 2.57 bits per heavy atom. The van der Waals surface area contributed by atoms with Gasteiger partial charge >= 0.3 is 0 Å². The summed E-state index contributed by atoms with van der Waals surface area (Å²) in [5.74, 6) is 0.355. The molecule has 2 aromatic carbocycles. The van der Waals surface area contributed by atoms with Gasteiger partial charge in [-0.1, -0.05) is 60.3 Å². The van der Waals surface area contributed by atoms with Crippen molar-refractivity contribution in [1.29, 1.82) is 5.26 Å². The zero-order valence-electron chi connectivity index (χ0n) is 15.6. The Labute approximate surface area is 174 Å². The molecule has 2 aromatic heterocycles. The van der Waals surface area contributed by atoms with Crippen LogP contribution >= 0.6 is 11.8 Å². The molecule has 0 radical (unpaired) electrons. The highest BCUT2D eigenvalue weighted by Crippen LogP contribution is 2.36. The van der Waals surface area contributed by atoms with Crippen LogP contribution in [-0.4, -0.2) is 36.4 Å². The summed E-state index contributed by atoms with van der Waals surface area (Å²) in [5, 5.41) is 22.7. The summed E-state index contributed by atoms with van der Waals surface area (Å²) in [4.78, 5) is 26.6. The number of carbonyl (C=O) groups is 1. The van der Waals surface area contributed by atoms with Gasteiger partial charge in [0.05, 0.1) is 17.7 Å². The van der Waals surface area contributed by atoms with Crippen molar-refractivity contribution in [2.75, 3.05) is 5.75 Å². The fourth-order valence-electron chi connectivity index (χ4n) is 3.49. The first-order valence-corrected chi connectivity index (χ1v) is 10.1. The summed E-state index contributed by atoms with van der Waals surface area (Å²) in [5.41, 5.74) is 1.28. The summed E-state index contributed by atoms with van der Waals surface area (Å²) in [6.45, 7) is 0.351. The third kappa shape index (κ3) is 2.86. The van der Waals surface area contributed by atoms with Crippen molar-refractivity contribution in [3.8, 4) is 6.07 Å². The third-order valence-electron chi connectivity index (χ3n) is 4.90. The van der Waals surface area contributed by atoms with Gasteiger partial charge in [0.1, 0.15) is 16.7 Å². The second kappa shape index (κ2) is 7.17. The molecule has 1 saturated heterocycles. The number of benzene rings is 2. The molecule has 1 fully saturated rings. The number of rotatable bonds is 3. The summed E-state index contributed by atoms with van der Waals surface area (Å²) in [6.07, 6.45) is 0. The molecule has 146 valence electrons. The van der Waals surface area contributed by atoms with Crippen LogP contribution in [0.3, 0.4) is 0 Å². The van der Waals surface area contributed by atoms with Crippen molar-refractivity contribution >= 4 is 39.7 Å². The molecule has 0 atom stereocenters. The lowest BCUT2D eigenvalue weighted by Crippen LogP contribution is -2.25. The van der Waals surface area contributed by atoms with E-state index in [0.717, 1.165) is 5.56 Å². The van der Waals surface area contributed by atoms with E-state index in [1.54, 1.807) is 23.1 Å². The number of carbonyl (C=O) groups excluding carboxylic acids is 1. The van der Waals surface area contributed by atoms with Crippen LogP contribution in [0.4, 0.5) is 0 Å². The van der Waals surface area contributed by atoms with E-state index in [-0.39, 0.29) is 28.6 Å². The van der Waals surface area contributed by atoms with E-state index in [4.69, 9.17) is 0 Å². The molecule has 8 nitrogen and oxygen atoms in total. The van der Waals surface area contributed by atoms with Gasteiger partial charge < -0.3 is 4.90 Å². The van der Waals surface area contributed by atoms with E-state index < -0.39 is 0 Å². The van der Waals surface area contributed by atoms with Crippen LogP contribution in [-0.2, 0) is 11.3 Å². The second-order valence-corrected chi connectivity index (χ2v) is 7.68. The summed E-state index contributed by atoms with van der Waals surface area (Å²) < 4.78 is 1.42. The van der Waals surface area contributed by atoms with E-state index in [2.05, 4.69) is 21.4 Å². The largest absolute Gasteiger partial charge is 0.300 e. The highest BCUT2D eigenvalue weighted by molar-refractivity contribution is 8.04. The monoisotopic (exact) mass is 414 g/mol. The van der Waals surface area contributed by atoms with Crippen molar-refractivity contribution in [2.45, 2.75) is 6.54 Å². The van der Waals surface area contributed by atoms with Crippen molar-refractivity contribution in [1.82, 2.24) is 24.7 Å². The number of aromatic nitrogens is 4. The molecule has 1 aliphatic rings. The van der Waals surface area contributed by atoms with Gasteiger partial charge in [-0.15, -0.1) is 10.2 Å². The molecule has 30 heavy (non-hydrogen) atoms. The Morgan fingerprint density at radius 1 is 1.07 bits per heavy atom. The van der Waals surface area contributed by atoms with Gasteiger partial charge in [0.25, 0.3) is 5.56 Å². The maximum atomic E-state index is 12.5. The fourth-order valence-corrected chi connectivity index (χ4v) is 4.51. The van der Waals surface area contributed by atoms with Gasteiger partial charge in [0, 0.05) is 5.39 Å². The van der Waals surface area contributed by atoms with Gasteiger partial charge in [-0.05, 0) is 11.6 Å². The van der Waals surface area contributed by atoms with Crippen LogP contribution < -0.4 is 5.56 Å². The Morgan fingerprint density at radius 2 is 1.80 bits per heavy atom. The van der Waals surface area contributed by atoms with Gasteiger partial charge in [-0.25, -0.2) is 4.52 Å². The number of allylic oxidation sites excluding steroid dienone is 1. The Kier molecular flexibility index (Phi) is 4.34. The molecule has 0 unspecified atom stereocenters. The Hall–Kier alpha value is -3.90. The van der Waals surface area contributed by atoms with E-state index in [1.807, 2.05) is 36.4 Å². The van der Waals surface area contributed by atoms with Gasteiger partial charge in [-0.2, -0.15) is 5.26 Å². The van der Waals surface area contributed by atoms with Crippen LogP contribution in [0.1, 0.15) is 11.4 Å². The summed E-state index contributed by atoms with van der Waals surface area (Å²) in [7, 11) is 0. The molecule has 9 heteroatoms. The highest BCUT2D eigenvalue weighted by atomic mass is 32.2. The van der Waals surface area contributed by atoms with E-state index in [0.29, 0.717) is 28.0 Å². The second-order valence-electron chi connectivity index (χ2n) is 6.72. The average Bonchev–Trinajstić information content (AvgIpc) is 3.35. The number of fused-ring (bicyclic) bond motifs is 3. The smallest absolute Gasteiger partial charge is 0.270 e. The lowest BCUT2D eigenvalue weighted by atomic mass is 10.2. The number of nitrogens with zero attached hydrogens (tertiary/aromatic N) is 5. The number of hydrogen-bond acceptors (Lipinski definition) is 6. The van der Waals surface area contributed by atoms with E-state index in [9.17, 15) is 14.9 Å². The van der Waals surface area contributed by atoms with Crippen LogP contribution in [0.5, 0.6) is 0 Å².